The number of aromatic nitrogens is 2. The minimum Gasteiger partial charge on any atom is -0.495 e. The summed E-state index contributed by atoms with van der Waals surface area (Å²) in [6.07, 6.45) is 3.57. The van der Waals surface area contributed by atoms with Crippen molar-refractivity contribution in [3.05, 3.63) is 60.4 Å². The Bertz CT molecular complexity index is 1060. The zero-order valence-corrected chi connectivity index (χ0v) is 16.8. The number of hydrogen-bond donors (Lipinski definition) is 2. The zero-order valence-electron chi connectivity index (χ0n) is 16.8. The van der Waals surface area contributed by atoms with Crippen LogP contribution in [0.3, 0.4) is 0 Å². The van der Waals surface area contributed by atoms with Crippen LogP contribution in [0.1, 0.15) is 18.4 Å². The van der Waals surface area contributed by atoms with Gasteiger partial charge in [-0.05, 0) is 36.2 Å². The number of anilines is 2. The molecule has 1 aliphatic rings. The number of methoxy groups -OCH3 is 1. The number of nitrogens with zero attached hydrogens (tertiary/aromatic N) is 3. The second kappa shape index (κ2) is 7.90. The summed E-state index contributed by atoms with van der Waals surface area (Å²) in [4.78, 5) is 28.5. The average molecular weight is 405 g/mol. The number of rotatable bonds is 6. The lowest BCUT2D eigenvalue weighted by molar-refractivity contribution is -0.119. The van der Waals surface area contributed by atoms with Gasteiger partial charge in [-0.3, -0.25) is 19.7 Å². The highest BCUT2D eigenvalue weighted by atomic mass is 16.5. The van der Waals surface area contributed by atoms with Crippen molar-refractivity contribution in [1.82, 2.24) is 10.2 Å². The molecular weight excluding hydrogens is 382 g/mol. The van der Waals surface area contributed by atoms with Crippen LogP contribution in [0.4, 0.5) is 16.2 Å². The van der Waals surface area contributed by atoms with E-state index in [4.69, 9.17) is 10.5 Å². The van der Waals surface area contributed by atoms with Crippen LogP contribution in [0, 0.1) is 0 Å². The Morgan fingerprint density at radius 1 is 1.13 bits per heavy atom. The topological polar surface area (TPSA) is 105 Å². The summed E-state index contributed by atoms with van der Waals surface area (Å²) < 4.78 is 5.50. The van der Waals surface area contributed by atoms with E-state index in [1.54, 1.807) is 42.2 Å². The van der Waals surface area contributed by atoms with Crippen LogP contribution in [-0.2, 0) is 4.79 Å². The molecule has 2 aromatic carbocycles. The van der Waals surface area contributed by atoms with E-state index in [0.29, 0.717) is 30.1 Å². The van der Waals surface area contributed by atoms with Gasteiger partial charge >= 0.3 is 6.03 Å². The second-order valence-corrected chi connectivity index (χ2v) is 7.14. The standard InChI is InChI=1S/C22H23N5O3/c1-14(21(23)28)18-4-3-5-19(30-2)20(18)27-11-10-26(22(27)29)17-8-6-15(7-9-17)16-12-24-25-13-16/h3-9,12-14H,10-11H2,1-2H3,(H2,23,28)(H,24,25). The quantitative estimate of drug-likeness (QED) is 0.657. The summed E-state index contributed by atoms with van der Waals surface area (Å²) in [7, 11) is 1.55. The van der Waals surface area contributed by atoms with E-state index >= 15 is 0 Å². The molecule has 1 saturated heterocycles. The van der Waals surface area contributed by atoms with Gasteiger partial charge in [-0.2, -0.15) is 5.10 Å². The molecule has 30 heavy (non-hydrogen) atoms. The Morgan fingerprint density at radius 2 is 1.87 bits per heavy atom. The smallest absolute Gasteiger partial charge is 0.329 e. The Morgan fingerprint density at radius 3 is 2.50 bits per heavy atom. The SMILES string of the molecule is COc1cccc(C(C)C(N)=O)c1N1CCN(c2ccc(-c3cn[nH]c3)cc2)C1=O. The Kier molecular flexibility index (Phi) is 5.14. The molecule has 3 N–H and O–H groups in total. The third kappa shape index (κ3) is 3.36. The number of urea groups is 1. The third-order valence-electron chi connectivity index (χ3n) is 5.43. The Balaban J connectivity index is 1.65. The van der Waals surface area contributed by atoms with Gasteiger partial charge in [-0.1, -0.05) is 24.3 Å². The Labute approximate surface area is 174 Å². The van der Waals surface area contributed by atoms with Crippen LogP contribution in [0.2, 0.25) is 0 Å². The van der Waals surface area contributed by atoms with Gasteiger partial charge < -0.3 is 10.5 Å². The molecule has 0 spiro atoms. The average Bonchev–Trinajstić information content (AvgIpc) is 3.43. The first-order valence-corrected chi connectivity index (χ1v) is 9.65. The molecule has 0 aliphatic carbocycles. The zero-order chi connectivity index (χ0) is 21.3. The minimum absolute atomic E-state index is 0.173. The number of para-hydroxylation sites is 1. The predicted octanol–water partition coefficient (Wildman–Crippen LogP) is 3.12. The van der Waals surface area contributed by atoms with E-state index in [1.807, 2.05) is 36.5 Å². The summed E-state index contributed by atoms with van der Waals surface area (Å²) in [6, 6.07) is 13.0. The van der Waals surface area contributed by atoms with Gasteiger partial charge in [0.15, 0.2) is 0 Å². The number of nitrogens with one attached hydrogen (secondary N) is 1. The lowest BCUT2D eigenvalue weighted by Gasteiger charge is -2.25. The van der Waals surface area contributed by atoms with Crippen LogP contribution in [0.15, 0.2) is 54.9 Å². The van der Waals surface area contributed by atoms with Crippen molar-refractivity contribution in [3.63, 3.8) is 0 Å². The summed E-state index contributed by atoms with van der Waals surface area (Å²) >= 11 is 0. The molecule has 1 atom stereocenters. The van der Waals surface area contributed by atoms with Gasteiger partial charge in [0.1, 0.15) is 5.75 Å². The second-order valence-electron chi connectivity index (χ2n) is 7.14. The lowest BCUT2D eigenvalue weighted by atomic mass is 9.97. The number of carbonyl (C=O) groups excluding carboxylic acids is 2. The number of H-pyrrole nitrogens is 1. The number of hydrogen-bond acceptors (Lipinski definition) is 4. The van der Waals surface area contributed by atoms with E-state index < -0.39 is 11.8 Å². The van der Waals surface area contributed by atoms with Crippen molar-refractivity contribution < 1.29 is 14.3 Å². The molecule has 0 radical (unpaired) electrons. The first kappa shape index (κ1) is 19.5. The molecule has 3 amide bonds. The highest BCUT2D eigenvalue weighted by Crippen LogP contribution is 2.39. The van der Waals surface area contributed by atoms with Crippen molar-refractivity contribution in [2.24, 2.45) is 5.73 Å². The first-order valence-electron chi connectivity index (χ1n) is 9.65. The van der Waals surface area contributed by atoms with Crippen LogP contribution in [0.25, 0.3) is 11.1 Å². The first-order chi connectivity index (χ1) is 14.5. The molecule has 2 heterocycles. The van der Waals surface area contributed by atoms with Gasteiger partial charge in [0, 0.05) is 30.5 Å². The fourth-order valence-corrected chi connectivity index (χ4v) is 3.72. The van der Waals surface area contributed by atoms with Crippen molar-refractivity contribution in [1.29, 1.82) is 0 Å². The normalized spacial score (nSPS) is 14.8. The summed E-state index contributed by atoms with van der Waals surface area (Å²) in [6.45, 7) is 2.72. The lowest BCUT2D eigenvalue weighted by Crippen LogP contribution is -2.33. The third-order valence-corrected chi connectivity index (χ3v) is 5.43. The van der Waals surface area contributed by atoms with E-state index in [1.165, 1.54) is 0 Å². The highest BCUT2D eigenvalue weighted by Gasteiger charge is 2.35. The molecule has 8 nitrogen and oxygen atoms in total. The van der Waals surface area contributed by atoms with Crippen molar-refractivity contribution in [3.8, 4) is 16.9 Å². The number of ether oxygens (including phenoxy) is 1. The van der Waals surface area contributed by atoms with Crippen molar-refractivity contribution in [2.75, 3.05) is 30.0 Å². The molecule has 1 fully saturated rings. The largest absolute Gasteiger partial charge is 0.495 e. The molecule has 154 valence electrons. The number of carbonyl (C=O) groups is 2. The molecular formula is C22H23N5O3. The molecule has 0 saturated carbocycles. The number of aromatic amines is 1. The minimum atomic E-state index is -0.550. The summed E-state index contributed by atoms with van der Waals surface area (Å²) in [5.74, 6) is -0.472. The maximum atomic E-state index is 13.3. The van der Waals surface area contributed by atoms with Gasteiger partial charge in [0.05, 0.1) is 24.9 Å². The maximum Gasteiger partial charge on any atom is 0.329 e. The summed E-state index contributed by atoms with van der Waals surface area (Å²) in [5, 5.41) is 6.76. The van der Waals surface area contributed by atoms with E-state index in [2.05, 4.69) is 10.2 Å². The van der Waals surface area contributed by atoms with Crippen LogP contribution in [-0.4, -0.2) is 42.3 Å². The molecule has 4 rings (SSSR count). The number of benzene rings is 2. The van der Waals surface area contributed by atoms with Crippen LogP contribution in [0.5, 0.6) is 5.75 Å². The fraction of sp³-hybridized carbons (Fsp3) is 0.227. The molecule has 1 unspecified atom stereocenters. The summed E-state index contributed by atoms with van der Waals surface area (Å²) in [5.41, 5.74) is 9.59. The molecule has 3 aromatic rings. The van der Waals surface area contributed by atoms with Gasteiger partial charge in [-0.15, -0.1) is 0 Å². The fourth-order valence-electron chi connectivity index (χ4n) is 3.72. The van der Waals surface area contributed by atoms with E-state index in [-0.39, 0.29) is 6.03 Å². The van der Waals surface area contributed by atoms with Crippen molar-refractivity contribution in [2.45, 2.75) is 12.8 Å². The maximum absolute atomic E-state index is 13.3. The Hall–Kier alpha value is -3.81. The van der Waals surface area contributed by atoms with Gasteiger partial charge in [-0.25, -0.2) is 4.79 Å². The van der Waals surface area contributed by atoms with E-state index in [0.717, 1.165) is 16.8 Å². The van der Waals surface area contributed by atoms with E-state index in [9.17, 15) is 9.59 Å². The molecule has 0 bridgehead atoms. The molecule has 1 aliphatic heterocycles. The van der Waals surface area contributed by atoms with Gasteiger partial charge in [0.25, 0.3) is 0 Å². The number of amides is 3. The highest BCUT2D eigenvalue weighted by molar-refractivity contribution is 6.08. The monoisotopic (exact) mass is 405 g/mol. The van der Waals surface area contributed by atoms with Crippen molar-refractivity contribution >= 4 is 23.3 Å². The molecule has 8 heteroatoms. The number of nitrogens with two attached hydrogens (primary N) is 1. The van der Waals surface area contributed by atoms with Crippen LogP contribution < -0.4 is 20.3 Å². The predicted molar refractivity (Wildman–Crippen MR) is 115 cm³/mol. The van der Waals surface area contributed by atoms with Crippen LogP contribution >= 0.6 is 0 Å². The number of primary amides is 1. The van der Waals surface area contributed by atoms with Gasteiger partial charge in [0.2, 0.25) is 5.91 Å². The molecule has 1 aromatic heterocycles.